The minimum atomic E-state index is 0.0157. The zero-order valence-corrected chi connectivity index (χ0v) is 12.8. The molecule has 3 rings (SSSR count). The SMILES string of the molecule is N#Cc1ccc(C(=O)N2CCCC2c2ccc(Cl)cc2)cc1. The quantitative estimate of drug-likeness (QED) is 0.835. The maximum absolute atomic E-state index is 12.7. The van der Waals surface area contributed by atoms with Crippen LogP contribution in [-0.4, -0.2) is 17.4 Å². The molecule has 1 unspecified atom stereocenters. The van der Waals surface area contributed by atoms with E-state index in [4.69, 9.17) is 16.9 Å². The van der Waals surface area contributed by atoms with Crippen molar-refractivity contribution >= 4 is 17.5 Å². The predicted octanol–water partition coefficient (Wildman–Crippen LogP) is 4.19. The molecule has 4 heteroatoms. The van der Waals surface area contributed by atoms with Gasteiger partial charge in [-0.25, -0.2) is 0 Å². The standard InChI is InChI=1S/C18H15ClN2O/c19-16-9-7-14(8-10-16)17-2-1-11-21(17)18(22)15-5-3-13(12-20)4-6-15/h3-10,17H,1-2,11H2. The van der Waals surface area contributed by atoms with Crippen LogP contribution in [0, 0.1) is 11.3 Å². The Bertz CT molecular complexity index is 716. The molecule has 1 saturated heterocycles. The molecule has 1 aliphatic rings. The van der Waals surface area contributed by atoms with Gasteiger partial charge in [0.05, 0.1) is 17.7 Å². The van der Waals surface area contributed by atoms with Crippen molar-refractivity contribution in [2.75, 3.05) is 6.54 Å². The van der Waals surface area contributed by atoms with Crippen LogP contribution in [0.3, 0.4) is 0 Å². The monoisotopic (exact) mass is 310 g/mol. The summed E-state index contributed by atoms with van der Waals surface area (Å²) in [6, 6.07) is 16.7. The van der Waals surface area contributed by atoms with Crippen molar-refractivity contribution in [3.63, 3.8) is 0 Å². The number of carbonyl (C=O) groups excluding carboxylic acids is 1. The van der Waals surface area contributed by atoms with Gasteiger partial charge in [0.25, 0.3) is 5.91 Å². The van der Waals surface area contributed by atoms with E-state index in [9.17, 15) is 4.79 Å². The predicted molar refractivity (Wildman–Crippen MR) is 85.6 cm³/mol. The fourth-order valence-corrected chi connectivity index (χ4v) is 3.02. The van der Waals surface area contributed by atoms with Gasteiger partial charge in [0, 0.05) is 17.1 Å². The number of hydrogen-bond acceptors (Lipinski definition) is 2. The van der Waals surface area contributed by atoms with Crippen LogP contribution < -0.4 is 0 Å². The average Bonchev–Trinajstić information content (AvgIpc) is 3.04. The molecular weight excluding hydrogens is 296 g/mol. The number of amides is 1. The molecule has 1 aliphatic heterocycles. The second-order valence-electron chi connectivity index (χ2n) is 5.40. The highest BCUT2D eigenvalue weighted by molar-refractivity contribution is 6.30. The molecule has 0 spiro atoms. The molecule has 0 N–H and O–H groups in total. The van der Waals surface area contributed by atoms with Gasteiger partial charge in [-0.3, -0.25) is 4.79 Å². The van der Waals surface area contributed by atoms with Gasteiger partial charge >= 0.3 is 0 Å². The Morgan fingerprint density at radius 2 is 1.82 bits per heavy atom. The number of hydrogen-bond donors (Lipinski definition) is 0. The van der Waals surface area contributed by atoms with Gasteiger partial charge in [0.1, 0.15) is 0 Å². The number of carbonyl (C=O) groups is 1. The Labute approximate surface area is 134 Å². The minimum Gasteiger partial charge on any atom is -0.332 e. The zero-order chi connectivity index (χ0) is 15.5. The van der Waals surface area contributed by atoms with E-state index < -0.39 is 0 Å². The van der Waals surface area contributed by atoms with Gasteiger partial charge in [-0.2, -0.15) is 5.26 Å². The van der Waals surface area contributed by atoms with Crippen molar-refractivity contribution in [1.29, 1.82) is 5.26 Å². The molecule has 22 heavy (non-hydrogen) atoms. The smallest absolute Gasteiger partial charge is 0.254 e. The number of nitriles is 1. The topological polar surface area (TPSA) is 44.1 Å². The number of rotatable bonds is 2. The van der Waals surface area contributed by atoms with Crippen LogP contribution in [0.15, 0.2) is 48.5 Å². The Morgan fingerprint density at radius 3 is 2.45 bits per heavy atom. The fraction of sp³-hybridized carbons (Fsp3) is 0.222. The van der Waals surface area contributed by atoms with Crippen molar-refractivity contribution in [2.45, 2.75) is 18.9 Å². The summed E-state index contributed by atoms with van der Waals surface area (Å²) in [6.07, 6.45) is 1.96. The first-order chi connectivity index (χ1) is 10.7. The Balaban J connectivity index is 1.84. The fourth-order valence-electron chi connectivity index (χ4n) is 2.89. The molecule has 1 fully saturated rings. The van der Waals surface area contributed by atoms with Gasteiger partial charge in [-0.1, -0.05) is 23.7 Å². The first-order valence-corrected chi connectivity index (χ1v) is 7.63. The lowest BCUT2D eigenvalue weighted by atomic mass is 10.0. The van der Waals surface area contributed by atoms with Crippen LogP contribution in [0.25, 0.3) is 0 Å². The molecule has 1 atom stereocenters. The van der Waals surface area contributed by atoms with E-state index in [0.717, 1.165) is 24.9 Å². The first-order valence-electron chi connectivity index (χ1n) is 7.25. The first kappa shape index (κ1) is 14.6. The second kappa shape index (κ2) is 6.21. The van der Waals surface area contributed by atoms with Crippen LogP contribution in [0.5, 0.6) is 0 Å². The van der Waals surface area contributed by atoms with Gasteiger partial charge in [0.15, 0.2) is 0 Å². The highest BCUT2D eigenvalue weighted by Gasteiger charge is 2.30. The van der Waals surface area contributed by atoms with Crippen LogP contribution in [0.1, 0.15) is 40.4 Å². The van der Waals surface area contributed by atoms with E-state index in [1.807, 2.05) is 29.2 Å². The van der Waals surface area contributed by atoms with E-state index in [2.05, 4.69) is 6.07 Å². The lowest BCUT2D eigenvalue weighted by Gasteiger charge is -2.25. The summed E-state index contributed by atoms with van der Waals surface area (Å²) in [5.74, 6) is 0.0157. The lowest BCUT2D eigenvalue weighted by molar-refractivity contribution is 0.0735. The van der Waals surface area contributed by atoms with Gasteiger partial charge in [-0.15, -0.1) is 0 Å². The van der Waals surface area contributed by atoms with Crippen LogP contribution in [0.2, 0.25) is 5.02 Å². The third-order valence-corrected chi connectivity index (χ3v) is 4.28. The summed E-state index contributed by atoms with van der Waals surface area (Å²) < 4.78 is 0. The van der Waals surface area contributed by atoms with E-state index in [-0.39, 0.29) is 11.9 Å². The lowest BCUT2D eigenvalue weighted by Crippen LogP contribution is -2.30. The molecule has 110 valence electrons. The molecule has 3 nitrogen and oxygen atoms in total. The third kappa shape index (κ3) is 2.84. The number of halogens is 1. The van der Waals surface area contributed by atoms with E-state index in [0.29, 0.717) is 16.1 Å². The minimum absolute atomic E-state index is 0.0157. The maximum atomic E-state index is 12.7. The van der Waals surface area contributed by atoms with Crippen molar-refractivity contribution in [2.24, 2.45) is 0 Å². The van der Waals surface area contributed by atoms with Gasteiger partial charge in [0.2, 0.25) is 0 Å². The summed E-state index contributed by atoms with van der Waals surface area (Å²) in [4.78, 5) is 14.6. The van der Waals surface area contributed by atoms with Gasteiger partial charge < -0.3 is 4.90 Å². The molecule has 2 aromatic rings. The Morgan fingerprint density at radius 1 is 1.14 bits per heavy atom. The molecule has 0 radical (unpaired) electrons. The third-order valence-electron chi connectivity index (χ3n) is 4.03. The van der Waals surface area contributed by atoms with E-state index >= 15 is 0 Å². The van der Waals surface area contributed by atoms with Crippen molar-refractivity contribution in [3.8, 4) is 6.07 Å². The molecule has 0 aromatic heterocycles. The summed E-state index contributed by atoms with van der Waals surface area (Å²) in [7, 11) is 0. The molecule has 0 bridgehead atoms. The Hall–Kier alpha value is -2.31. The number of nitrogens with zero attached hydrogens (tertiary/aromatic N) is 2. The molecular formula is C18H15ClN2O. The largest absolute Gasteiger partial charge is 0.332 e. The summed E-state index contributed by atoms with van der Waals surface area (Å²) in [6.45, 7) is 0.756. The molecule has 0 aliphatic carbocycles. The van der Waals surface area contributed by atoms with Crippen molar-refractivity contribution in [1.82, 2.24) is 4.90 Å². The molecule has 1 heterocycles. The van der Waals surface area contributed by atoms with Crippen LogP contribution >= 0.6 is 11.6 Å². The zero-order valence-electron chi connectivity index (χ0n) is 12.0. The second-order valence-corrected chi connectivity index (χ2v) is 5.83. The summed E-state index contributed by atoms with van der Waals surface area (Å²) in [5, 5.41) is 9.54. The highest BCUT2D eigenvalue weighted by atomic mass is 35.5. The molecule has 2 aromatic carbocycles. The van der Waals surface area contributed by atoms with Crippen LogP contribution in [-0.2, 0) is 0 Å². The average molecular weight is 311 g/mol. The normalized spacial score (nSPS) is 17.3. The van der Waals surface area contributed by atoms with Crippen LogP contribution in [0.4, 0.5) is 0 Å². The molecule has 1 amide bonds. The number of likely N-dealkylation sites (tertiary alicyclic amines) is 1. The number of benzene rings is 2. The summed E-state index contributed by atoms with van der Waals surface area (Å²) in [5.41, 5.74) is 2.30. The molecule has 0 saturated carbocycles. The summed E-state index contributed by atoms with van der Waals surface area (Å²) >= 11 is 5.93. The van der Waals surface area contributed by atoms with E-state index in [1.165, 1.54) is 0 Å². The van der Waals surface area contributed by atoms with Crippen molar-refractivity contribution in [3.05, 3.63) is 70.2 Å². The van der Waals surface area contributed by atoms with Crippen molar-refractivity contribution < 1.29 is 4.79 Å². The van der Waals surface area contributed by atoms with E-state index in [1.54, 1.807) is 24.3 Å². The maximum Gasteiger partial charge on any atom is 0.254 e. The Kier molecular flexibility index (Phi) is 4.13. The highest BCUT2D eigenvalue weighted by Crippen LogP contribution is 2.33. The van der Waals surface area contributed by atoms with Gasteiger partial charge in [-0.05, 0) is 54.8 Å².